The average Bonchev–Trinajstić information content (AvgIpc) is 2.38. The van der Waals surface area contributed by atoms with Crippen molar-refractivity contribution in [2.45, 2.75) is 25.3 Å². The summed E-state index contributed by atoms with van der Waals surface area (Å²) in [6, 6.07) is 1.18. The Morgan fingerprint density at radius 1 is 1.59 bits per heavy atom. The zero-order chi connectivity index (χ0) is 12.3. The maximum Gasteiger partial charge on any atom is 0.257 e. The number of likely N-dealkylation sites (tertiary alicyclic amines) is 1. The number of aliphatic hydroxyl groups is 1. The van der Waals surface area contributed by atoms with Gasteiger partial charge in [-0.1, -0.05) is 0 Å². The number of amides is 1. The van der Waals surface area contributed by atoms with Gasteiger partial charge in [-0.3, -0.25) is 9.78 Å². The summed E-state index contributed by atoms with van der Waals surface area (Å²) in [6.45, 7) is 0.504. The molecule has 1 amide bonds. The van der Waals surface area contributed by atoms with Gasteiger partial charge in [0.1, 0.15) is 0 Å². The van der Waals surface area contributed by atoms with E-state index in [0.29, 0.717) is 6.54 Å². The van der Waals surface area contributed by atoms with Crippen LogP contribution in [0, 0.1) is 5.82 Å². The fraction of sp³-hybridized carbons (Fsp3) is 0.500. The van der Waals surface area contributed by atoms with Crippen molar-refractivity contribution >= 4 is 5.91 Å². The first-order chi connectivity index (χ1) is 8.24. The molecule has 1 aliphatic heterocycles. The third kappa shape index (κ3) is 2.44. The molecule has 1 unspecified atom stereocenters. The second-order valence-electron chi connectivity index (χ2n) is 4.19. The molecule has 0 spiro atoms. The predicted octanol–water partition coefficient (Wildman–Crippen LogP) is 1.21. The van der Waals surface area contributed by atoms with E-state index in [1.165, 1.54) is 12.3 Å². The quantitative estimate of drug-likeness (QED) is 0.842. The first-order valence-corrected chi connectivity index (χ1v) is 5.75. The van der Waals surface area contributed by atoms with Crippen LogP contribution in [0.5, 0.6) is 0 Å². The molecule has 0 aromatic carbocycles. The summed E-state index contributed by atoms with van der Waals surface area (Å²) in [5.74, 6) is -0.969. The number of hydrogen-bond acceptors (Lipinski definition) is 3. The highest BCUT2D eigenvalue weighted by Gasteiger charge is 2.28. The highest BCUT2D eigenvalue weighted by atomic mass is 19.1. The Labute approximate surface area is 99.1 Å². The Bertz CT molecular complexity index is 411. The van der Waals surface area contributed by atoms with E-state index in [1.807, 2.05) is 0 Å². The molecule has 2 heterocycles. The van der Waals surface area contributed by atoms with E-state index in [-0.39, 0.29) is 24.1 Å². The number of rotatable bonds is 2. The van der Waals surface area contributed by atoms with Gasteiger partial charge in [-0.15, -0.1) is 0 Å². The van der Waals surface area contributed by atoms with Gasteiger partial charge >= 0.3 is 0 Å². The van der Waals surface area contributed by atoms with E-state index < -0.39 is 5.82 Å². The number of pyridine rings is 1. The highest BCUT2D eigenvalue weighted by molar-refractivity contribution is 5.94. The SMILES string of the molecule is O=C(c1ccncc1F)N1CCCCC1CO. The van der Waals surface area contributed by atoms with E-state index in [0.717, 1.165) is 25.5 Å². The highest BCUT2D eigenvalue weighted by Crippen LogP contribution is 2.20. The number of halogens is 1. The van der Waals surface area contributed by atoms with E-state index >= 15 is 0 Å². The van der Waals surface area contributed by atoms with Crippen LogP contribution in [0.25, 0.3) is 0 Å². The summed E-state index contributed by atoms with van der Waals surface area (Å²) in [4.78, 5) is 17.3. The number of aliphatic hydroxyl groups excluding tert-OH is 1. The molecule has 1 aliphatic rings. The molecule has 0 aliphatic carbocycles. The van der Waals surface area contributed by atoms with Gasteiger partial charge < -0.3 is 10.0 Å². The van der Waals surface area contributed by atoms with Crippen LogP contribution in [0.1, 0.15) is 29.6 Å². The van der Waals surface area contributed by atoms with Gasteiger partial charge in [0, 0.05) is 12.7 Å². The molecule has 0 saturated carbocycles. The average molecular weight is 238 g/mol. The molecule has 17 heavy (non-hydrogen) atoms. The van der Waals surface area contributed by atoms with Gasteiger partial charge in [-0.2, -0.15) is 0 Å². The number of carbonyl (C=O) groups excluding carboxylic acids is 1. The number of aromatic nitrogens is 1. The molecule has 0 bridgehead atoms. The maximum atomic E-state index is 13.5. The summed E-state index contributed by atoms with van der Waals surface area (Å²) in [5.41, 5.74) is 0.0281. The zero-order valence-electron chi connectivity index (χ0n) is 9.47. The van der Waals surface area contributed by atoms with Crippen LogP contribution in [0.4, 0.5) is 4.39 Å². The van der Waals surface area contributed by atoms with Crippen molar-refractivity contribution in [1.29, 1.82) is 0 Å². The first kappa shape index (κ1) is 12.0. The maximum absolute atomic E-state index is 13.5. The Kier molecular flexibility index (Phi) is 3.68. The van der Waals surface area contributed by atoms with E-state index in [1.54, 1.807) is 4.90 Å². The third-order valence-corrected chi connectivity index (χ3v) is 3.10. The summed E-state index contributed by atoms with van der Waals surface area (Å²) in [7, 11) is 0. The van der Waals surface area contributed by atoms with Crippen molar-refractivity contribution in [3.05, 3.63) is 29.8 Å². The predicted molar refractivity (Wildman–Crippen MR) is 60.0 cm³/mol. The lowest BCUT2D eigenvalue weighted by Gasteiger charge is -2.34. The van der Waals surface area contributed by atoms with Crippen molar-refractivity contribution in [3.63, 3.8) is 0 Å². The van der Waals surface area contributed by atoms with Crippen LogP contribution >= 0.6 is 0 Å². The van der Waals surface area contributed by atoms with Gasteiger partial charge in [0.25, 0.3) is 5.91 Å². The summed E-state index contributed by atoms with van der Waals surface area (Å²) in [5, 5.41) is 9.23. The summed E-state index contributed by atoms with van der Waals surface area (Å²) in [6.07, 6.45) is 5.09. The number of hydrogen-bond donors (Lipinski definition) is 1. The minimum absolute atomic E-state index is 0.0281. The second kappa shape index (κ2) is 5.23. The largest absolute Gasteiger partial charge is 0.394 e. The molecule has 92 valence electrons. The van der Waals surface area contributed by atoms with Gasteiger partial charge in [-0.25, -0.2) is 4.39 Å². The van der Waals surface area contributed by atoms with Crippen LogP contribution in [-0.2, 0) is 0 Å². The topological polar surface area (TPSA) is 53.4 Å². The Hall–Kier alpha value is -1.49. The molecular weight excluding hydrogens is 223 g/mol. The molecule has 1 aromatic heterocycles. The Balaban J connectivity index is 2.21. The zero-order valence-corrected chi connectivity index (χ0v) is 9.47. The van der Waals surface area contributed by atoms with Crippen LogP contribution in [0.2, 0.25) is 0 Å². The van der Waals surface area contributed by atoms with Gasteiger partial charge in [0.15, 0.2) is 5.82 Å². The molecule has 1 aromatic rings. The van der Waals surface area contributed by atoms with Crippen molar-refractivity contribution in [3.8, 4) is 0 Å². The number of piperidine rings is 1. The van der Waals surface area contributed by atoms with E-state index in [9.17, 15) is 14.3 Å². The second-order valence-corrected chi connectivity index (χ2v) is 4.19. The van der Waals surface area contributed by atoms with E-state index in [4.69, 9.17) is 0 Å². The standard InChI is InChI=1S/C12H15FN2O2/c13-11-7-14-5-4-10(11)12(17)15-6-2-1-3-9(15)8-16/h4-5,7,9,16H,1-3,6,8H2. The molecule has 5 heteroatoms. The number of nitrogens with zero attached hydrogens (tertiary/aromatic N) is 2. The molecule has 1 atom stereocenters. The first-order valence-electron chi connectivity index (χ1n) is 5.75. The van der Waals surface area contributed by atoms with Crippen molar-refractivity contribution in [2.24, 2.45) is 0 Å². The molecule has 1 N–H and O–H groups in total. The lowest BCUT2D eigenvalue weighted by atomic mass is 10.0. The van der Waals surface area contributed by atoms with Crippen LogP contribution < -0.4 is 0 Å². The van der Waals surface area contributed by atoms with Gasteiger partial charge in [0.2, 0.25) is 0 Å². The summed E-state index contributed by atoms with van der Waals surface area (Å²) < 4.78 is 13.5. The lowest BCUT2D eigenvalue weighted by molar-refractivity contribution is 0.0498. The lowest BCUT2D eigenvalue weighted by Crippen LogP contribution is -2.45. The molecular formula is C12H15FN2O2. The van der Waals surface area contributed by atoms with Crippen LogP contribution in [0.3, 0.4) is 0 Å². The normalized spacial score (nSPS) is 20.4. The molecule has 4 nitrogen and oxygen atoms in total. The van der Waals surface area contributed by atoms with Gasteiger partial charge in [-0.05, 0) is 25.3 Å². The molecule has 2 rings (SSSR count). The monoisotopic (exact) mass is 238 g/mol. The minimum atomic E-state index is -0.611. The van der Waals surface area contributed by atoms with Gasteiger partial charge in [0.05, 0.1) is 24.4 Å². The van der Waals surface area contributed by atoms with Crippen LogP contribution in [-0.4, -0.2) is 40.1 Å². The minimum Gasteiger partial charge on any atom is -0.394 e. The smallest absolute Gasteiger partial charge is 0.257 e. The fourth-order valence-electron chi connectivity index (χ4n) is 2.16. The van der Waals surface area contributed by atoms with E-state index in [2.05, 4.69) is 4.98 Å². The fourth-order valence-corrected chi connectivity index (χ4v) is 2.16. The van der Waals surface area contributed by atoms with Crippen LogP contribution in [0.15, 0.2) is 18.5 Å². The Morgan fingerprint density at radius 3 is 3.12 bits per heavy atom. The molecule has 0 radical (unpaired) electrons. The van der Waals surface area contributed by atoms with Crippen molar-refractivity contribution < 1.29 is 14.3 Å². The Morgan fingerprint density at radius 2 is 2.41 bits per heavy atom. The van der Waals surface area contributed by atoms with Crippen molar-refractivity contribution in [2.75, 3.05) is 13.2 Å². The summed E-state index contributed by atoms with van der Waals surface area (Å²) >= 11 is 0. The third-order valence-electron chi connectivity index (χ3n) is 3.10. The molecule has 1 saturated heterocycles. The van der Waals surface area contributed by atoms with Crippen molar-refractivity contribution in [1.82, 2.24) is 9.88 Å². The number of carbonyl (C=O) groups is 1. The molecule has 1 fully saturated rings.